The second-order valence-electron chi connectivity index (χ2n) is 6.34. The molecule has 0 unspecified atom stereocenters. The predicted octanol–water partition coefficient (Wildman–Crippen LogP) is 4.35. The molecule has 2 aromatic heterocycles. The van der Waals surface area contributed by atoms with E-state index in [1.807, 2.05) is 66.5 Å². The van der Waals surface area contributed by atoms with Gasteiger partial charge >= 0.3 is 0 Å². The van der Waals surface area contributed by atoms with E-state index in [1.165, 1.54) is 12.3 Å². The van der Waals surface area contributed by atoms with Crippen molar-refractivity contribution in [1.29, 1.82) is 0 Å². The lowest BCUT2D eigenvalue weighted by Crippen LogP contribution is -2.25. The van der Waals surface area contributed by atoms with Crippen molar-refractivity contribution < 1.29 is 9.13 Å². The Balaban J connectivity index is 1.61. The Kier molecular flexibility index (Phi) is 5.10. The lowest BCUT2D eigenvalue weighted by atomic mass is 10.2. The quantitative estimate of drug-likeness (QED) is 0.470. The van der Waals surface area contributed by atoms with Gasteiger partial charge in [-0.1, -0.05) is 30.3 Å². The normalized spacial score (nSPS) is 10.8. The topological polar surface area (TPSA) is 51.1 Å². The molecule has 0 aliphatic heterocycles. The summed E-state index contributed by atoms with van der Waals surface area (Å²) in [6.45, 7) is 1.17. The van der Waals surface area contributed by atoms with Crippen LogP contribution in [-0.4, -0.2) is 35.2 Å². The van der Waals surface area contributed by atoms with Crippen molar-refractivity contribution in [1.82, 2.24) is 15.0 Å². The Morgan fingerprint density at radius 2 is 1.71 bits per heavy atom. The monoisotopic (exact) mass is 374 g/mol. The van der Waals surface area contributed by atoms with Crippen molar-refractivity contribution in [2.75, 3.05) is 25.1 Å². The molecular formula is C22H19FN4O. The Hall–Kier alpha value is -3.54. The second kappa shape index (κ2) is 8.00. The molecule has 0 bridgehead atoms. The first-order chi connectivity index (χ1) is 13.7. The van der Waals surface area contributed by atoms with E-state index in [0.29, 0.717) is 24.5 Å². The Bertz CT molecular complexity index is 1070. The number of aromatic nitrogens is 3. The molecule has 6 heteroatoms. The first kappa shape index (κ1) is 17.9. The van der Waals surface area contributed by atoms with Crippen LogP contribution in [0.5, 0.6) is 5.75 Å². The van der Waals surface area contributed by atoms with Crippen LogP contribution >= 0.6 is 0 Å². The lowest BCUT2D eigenvalue weighted by Gasteiger charge is -2.21. The van der Waals surface area contributed by atoms with E-state index >= 15 is 0 Å². The van der Waals surface area contributed by atoms with Crippen molar-refractivity contribution in [3.63, 3.8) is 0 Å². The standard InChI is InChI=1S/C22H19FN4O/c1-27(13-14-28-17-7-3-2-4-8-17)22-18-9-5-6-10-19(18)25-21(26-22)16-11-12-20(23)24-15-16/h2-12,15H,13-14H2,1H3. The highest BCUT2D eigenvalue weighted by atomic mass is 19.1. The number of pyridine rings is 1. The molecule has 0 saturated heterocycles. The summed E-state index contributed by atoms with van der Waals surface area (Å²) in [6, 6.07) is 20.5. The molecular weight excluding hydrogens is 355 g/mol. The maximum absolute atomic E-state index is 13.2. The van der Waals surface area contributed by atoms with Gasteiger partial charge in [-0.25, -0.2) is 15.0 Å². The Morgan fingerprint density at radius 3 is 2.50 bits per heavy atom. The number of benzene rings is 2. The average molecular weight is 374 g/mol. The van der Waals surface area contributed by atoms with Crippen molar-refractivity contribution in [3.8, 4) is 17.1 Å². The summed E-state index contributed by atoms with van der Waals surface area (Å²) in [5.74, 6) is 1.61. The molecule has 28 heavy (non-hydrogen) atoms. The molecule has 0 aliphatic rings. The number of para-hydroxylation sites is 2. The number of nitrogens with zero attached hydrogens (tertiary/aromatic N) is 4. The summed E-state index contributed by atoms with van der Waals surface area (Å²) < 4.78 is 19.0. The number of likely N-dealkylation sites (N-methyl/N-ethyl adjacent to an activating group) is 1. The molecule has 0 N–H and O–H groups in total. The van der Waals surface area contributed by atoms with Gasteiger partial charge in [-0.05, 0) is 36.4 Å². The Morgan fingerprint density at radius 1 is 0.929 bits per heavy atom. The van der Waals surface area contributed by atoms with Gasteiger partial charge in [-0.3, -0.25) is 0 Å². The number of hydrogen-bond acceptors (Lipinski definition) is 5. The molecule has 5 nitrogen and oxygen atoms in total. The minimum atomic E-state index is -0.528. The van der Waals surface area contributed by atoms with Gasteiger partial charge in [-0.2, -0.15) is 4.39 Å². The zero-order chi connectivity index (χ0) is 19.3. The lowest BCUT2D eigenvalue weighted by molar-refractivity contribution is 0.326. The van der Waals surface area contributed by atoms with E-state index in [4.69, 9.17) is 9.72 Å². The van der Waals surface area contributed by atoms with E-state index in [9.17, 15) is 4.39 Å². The second-order valence-corrected chi connectivity index (χ2v) is 6.34. The molecule has 4 rings (SSSR count). The molecule has 0 atom stereocenters. The van der Waals surface area contributed by atoms with Gasteiger partial charge in [0.1, 0.15) is 18.2 Å². The first-order valence-electron chi connectivity index (χ1n) is 8.98. The van der Waals surface area contributed by atoms with Crippen molar-refractivity contribution in [2.24, 2.45) is 0 Å². The van der Waals surface area contributed by atoms with Crippen LogP contribution in [0.2, 0.25) is 0 Å². The van der Waals surface area contributed by atoms with Crippen molar-refractivity contribution in [3.05, 3.63) is 78.9 Å². The highest BCUT2D eigenvalue weighted by Gasteiger charge is 2.13. The highest BCUT2D eigenvalue weighted by Crippen LogP contribution is 2.26. The molecule has 0 fully saturated rings. The third-order valence-corrected chi connectivity index (χ3v) is 4.37. The molecule has 0 aliphatic carbocycles. The van der Waals surface area contributed by atoms with Crippen LogP contribution in [0.3, 0.4) is 0 Å². The molecule has 140 valence electrons. The molecule has 4 aromatic rings. The largest absolute Gasteiger partial charge is 0.492 e. The van der Waals surface area contributed by atoms with Crippen LogP contribution in [0.1, 0.15) is 0 Å². The van der Waals surface area contributed by atoms with Gasteiger partial charge in [0, 0.05) is 24.2 Å². The minimum absolute atomic E-state index is 0.511. The molecule has 0 radical (unpaired) electrons. The van der Waals surface area contributed by atoms with E-state index in [-0.39, 0.29) is 0 Å². The number of anilines is 1. The van der Waals surface area contributed by atoms with Crippen molar-refractivity contribution in [2.45, 2.75) is 0 Å². The molecule has 0 amide bonds. The minimum Gasteiger partial charge on any atom is -0.492 e. The molecule has 0 spiro atoms. The molecule has 2 aromatic carbocycles. The zero-order valence-corrected chi connectivity index (χ0v) is 15.4. The summed E-state index contributed by atoms with van der Waals surface area (Å²) in [5.41, 5.74) is 1.49. The van der Waals surface area contributed by atoms with E-state index < -0.39 is 5.95 Å². The van der Waals surface area contributed by atoms with Crippen LogP contribution in [0.4, 0.5) is 10.2 Å². The summed E-state index contributed by atoms with van der Waals surface area (Å²) >= 11 is 0. The maximum Gasteiger partial charge on any atom is 0.212 e. The zero-order valence-electron chi connectivity index (χ0n) is 15.4. The van der Waals surface area contributed by atoms with Crippen LogP contribution in [-0.2, 0) is 0 Å². The van der Waals surface area contributed by atoms with Crippen LogP contribution < -0.4 is 9.64 Å². The molecule has 2 heterocycles. The number of rotatable bonds is 6. The average Bonchev–Trinajstić information content (AvgIpc) is 2.74. The summed E-state index contributed by atoms with van der Waals surface area (Å²) in [7, 11) is 1.97. The van der Waals surface area contributed by atoms with Gasteiger partial charge in [0.05, 0.1) is 12.1 Å². The predicted molar refractivity (Wildman–Crippen MR) is 108 cm³/mol. The maximum atomic E-state index is 13.2. The third kappa shape index (κ3) is 3.91. The highest BCUT2D eigenvalue weighted by molar-refractivity contribution is 5.90. The summed E-state index contributed by atoms with van der Waals surface area (Å²) in [6.07, 6.45) is 1.45. The first-order valence-corrected chi connectivity index (χ1v) is 8.98. The van der Waals surface area contributed by atoms with E-state index in [1.54, 1.807) is 6.07 Å². The van der Waals surface area contributed by atoms with Gasteiger partial charge < -0.3 is 9.64 Å². The number of ether oxygens (including phenoxy) is 1. The van der Waals surface area contributed by atoms with Crippen LogP contribution in [0.15, 0.2) is 72.9 Å². The van der Waals surface area contributed by atoms with E-state index in [0.717, 1.165) is 22.5 Å². The number of fused-ring (bicyclic) bond motifs is 1. The summed E-state index contributed by atoms with van der Waals surface area (Å²) in [5, 5.41) is 0.948. The van der Waals surface area contributed by atoms with Gasteiger partial charge in [0.15, 0.2) is 5.82 Å². The van der Waals surface area contributed by atoms with Crippen LogP contribution in [0.25, 0.3) is 22.3 Å². The Labute approximate surface area is 162 Å². The smallest absolute Gasteiger partial charge is 0.212 e. The third-order valence-electron chi connectivity index (χ3n) is 4.37. The molecule has 0 saturated carbocycles. The van der Waals surface area contributed by atoms with Crippen LogP contribution in [0, 0.1) is 5.95 Å². The fraction of sp³-hybridized carbons (Fsp3) is 0.136. The van der Waals surface area contributed by atoms with Crippen molar-refractivity contribution >= 4 is 16.7 Å². The fourth-order valence-corrected chi connectivity index (χ4v) is 2.91. The van der Waals surface area contributed by atoms with Gasteiger partial charge in [-0.15, -0.1) is 0 Å². The SMILES string of the molecule is CN(CCOc1ccccc1)c1nc(-c2ccc(F)nc2)nc2ccccc12. The van der Waals surface area contributed by atoms with E-state index in [2.05, 4.69) is 9.97 Å². The van der Waals surface area contributed by atoms with Gasteiger partial charge in [0.25, 0.3) is 0 Å². The summed E-state index contributed by atoms with van der Waals surface area (Å²) in [4.78, 5) is 15.1. The van der Waals surface area contributed by atoms with Gasteiger partial charge in [0.2, 0.25) is 5.95 Å². The fourth-order valence-electron chi connectivity index (χ4n) is 2.91. The number of hydrogen-bond donors (Lipinski definition) is 0. The number of halogens is 1.